The van der Waals surface area contributed by atoms with Gasteiger partial charge in [-0.2, -0.15) is 45.0 Å². The molecule has 0 fully saturated rings. The van der Waals surface area contributed by atoms with Gasteiger partial charge in [0.25, 0.3) is 0 Å². The lowest BCUT2D eigenvalue weighted by Crippen LogP contribution is -2.12. The Labute approximate surface area is 296 Å². The van der Waals surface area contributed by atoms with Crippen molar-refractivity contribution in [1.82, 2.24) is 45.0 Å². The van der Waals surface area contributed by atoms with Crippen LogP contribution < -0.4 is 4.90 Å². The van der Waals surface area contributed by atoms with Crippen molar-refractivity contribution in [2.24, 2.45) is 21.1 Å². The second-order valence-corrected chi connectivity index (χ2v) is 12.6. The van der Waals surface area contributed by atoms with Crippen molar-refractivity contribution in [1.29, 1.82) is 0 Å². The molecule has 0 spiro atoms. The van der Waals surface area contributed by atoms with Gasteiger partial charge >= 0.3 is 0 Å². The van der Waals surface area contributed by atoms with Gasteiger partial charge in [-0.15, -0.1) is 0 Å². The van der Waals surface area contributed by atoms with E-state index in [4.69, 9.17) is 26.9 Å². The first-order valence-corrected chi connectivity index (χ1v) is 16.5. The Morgan fingerprint density at radius 3 is 1.65 bits per heavy atom. The summed E-state index contributed by atoms with van der Waals surface area (Å²) >= 11 is 0. The van der Waals surface area contributed by atoms with Gasteiger partial charge in [-0.1, -0.05) is 72.8 Å². The van der Waals surface area contributed by atoms with Gasteiger partial charge in [0.05, 0.1) is 21.2 Å². The maximum atomic E-state index is 9.62. The molecule has 3 heterocycles. The zero-order valence-electron chi connectivity index (χ0n) is 30.9. The van der Waals surface area contributed by atoms with Crippen molar-refractivity contribution in [3.05, 3.63) is 127 Å². The summed E-state index contributed by atoms with van der Waals surface area (Å²) in [5.41, 5.74) is 7.66. The van der Waals surface area contributed by atoms with Crippen LogP contribution in [0.1, 0.15) is 4.11 Å². The number of aryl methyl sites for hydroxylation is 3. The lowest BCUT2D eigenvalue weighted by molar-refractivity contribution is 0.665. The van der Waals surface area contributed by atoms with E-state index in [1.54, 1.807) is 39.3 Å². The molecule has 51 heavy (non-hydrogen) atoms. The molecule has 0 radical (unpaired) electrons. The number of rotatable bonds is 5. The van der Waals surface area contributed by atoms with E-state index in [9.17, 15) is 2.74 Å². The summed E-state index contributed by atoms with van der Waals surface area (Å²) in [6.45, 7) is 0. The molecule has 0 saturated carbocycles. The standard InChI is InChI=1S/C41H30N10/c1-48-42-33-14-9-15-34(39(33)45-48)51(35-20-18-31(25-10-5-4-6-11-25)37-40(35)46-49(2)43-37)36-21-19-32(38-41(36)47-50(3)44-38)29-17-16-28-22-26-12-7-8-13-27(26)23-30(28)24-29/h4-24H,1-3H3/i14D,18D,19D. The number of hydrogen-bond acceptors (Lipinski definition) is 7. The normalized spacial score (nSPS) is 12.6. The Balaban J connectivity index is 1.27. The van der Waals surface area contributed by atoms with Crippen LogP contribution in [0, 0.1) is 0 Å². The molecule has 0 unspecified atom stereocenters. The Bertz CT molecular complexity index is 3150. The van der Waals surface area contributed by atoms with Gasteiger partial charge in [-0.05, 0) is 87.2 Å². The molecule has 3 aromatic heterocycles. The minimum absolute atomic E-state index is 0.220. The van der Waals surface area contributed by atoms with E-state index in [1.165, 1.54) is 19.8 Å². The van der Waals surface area contributed by atoms with Crippen LogP contribution in [0.3, 0.4) is 0 Å². The second kappa shape index (κ2) is 11.0. The van der Waals surface area contributed by atoms with Gasteiger partial charge in [-0.25, -0.2) is 0 Å². The molecule has 10 nitrogen and oxygen atoms in total. The fourth-order valence-electron chi connectivity index (χ4n) is 7.06. The molecule has 0 bridgehead atoms. The largest absolute Gasteiger partial charge is 0.304 e. The summed E-state index contributed by atoms with van der Waals surface area (Å²) in [7, 11) is 5.24. The van der Waals surface area contributed by atoms with Gasteiger partial charge < -0.3 is 4.90 Å². The number of aromatic nitrogens is 9. The lowest BCUT2D eigenvalue weighted by atomic mass is 9.97. The van der Waals surface area contributed by atoms with Crippen LogP contribution >= 0.6 is 0 Å². The van der Waals surface area contributed by atoms with E-state index in [1.807, 2.05) is 59.5 Å². The highest BCUT2D eigenvalue weighted by Crippen LogP contribution is 2.45. The zero-order chi connectivity index (χ0) is 36.8. The Morgan fingerprint density at radius 2 is 0.961 bits per heavy atom. The third-order valence-corrected chi connectivity index (χ3v) is 9.29. The van der Waals surface area contributed by atoms with Gasteiger partial charge in [-0.3, -0.25) is 0 Å². The second-order valence-electron chi connectivity index (χ2n) is 12.6. The van der Waals surface area contributed by atoms with Crippen molar-refractivity contribution >= 4 is 71.7 Å². The summed E-state index contributed by atoms with van der Waals surface area (Å²) in [4.78, 5) is 6.37. The SMILES string of the molecule is [2H]c1cc(N(c2ccc([2H])c3nn(C)nc23)c2cc([2H])c(-c3ccc4cc5ccccc5cc4c3)c3nn(C)nc23)c2nn(C)nc2c1-c1ccccc1. The number of nitrogens with zero attached hydrogens (tertiary/aromatic N) is 10. The van der Waals surface area contributed by atoms with Gasteiger partial charge in [0.2, 0.25) is 0 Å². The Morgan fingerprint density at radius 1 is 0.431 bits per heavy atom. The molecule has 10 aromatic rings. The molecular weight excluding hydrogens is 633 g/mol. The van der Waals surface area contributed by atoms with Crippen molar-refractivity contribution in [3.8, 4) is 22.3 Å². The molecule has 244 valence electrons. The first kappa shape index (κ1) is 26.0. The average Bonchev–Trinajstić information content (AvgIpc) is 3.87. The molecule has 10 heteroatoms. The number of fused-ring (bicyclic) bond motifs is 5. The van der Waals surface area contributed by atoms with Crippen molar-refractivity contribution in [2.75, 3.05) is 4.90 Å². The maximum absolute atomic E-state index is 9.62. The molecule has 7 aromatic carbocycles. The van der Waals surface area contributed by atoms with Crippen LogP contribution in [0.5, 0.6) is 0 Å². The molecule has 0 saturated heterocycles. The summed E-state index contributed by atoms with van der Waals surface area (Å²) in [6.07, 6.45) is 0. The van der Waals surface area contributed by atoms with Gasteiger partial charge in [0.1, 0.15) is 33.1 Å². The van der Waals surface area contributed by atoms with Crippen LogP contribution in [-0.4, -0.2) is 45.0 Å². The fourth-order valence-corrected chi connectivity index (χ4v) is 7.06. The molecule has 0 aliphatic rings. The van der Waals surface area contributed by atoms with E-state index >= 15 is 0 Å². The predicted octanol–water partition coefficient (Wildman–Crippen LogP) is 8.64. The van der Waals surface area contributed by atoms with Crippen molar-refractivity contribution in [3.63, 3.8) is 0 Å². The van der Waals surface area contributed by atoms with Crippen molar-refractivity contribution in [2.45, 2.75) is 0 Å². The highest BCUT2D eigenvalue weighted by atomic mass is 15.5. The summed E-state index contributed by atoms with van der Waals surface area (Å²) in [5.74, 6) is 0. The summed E-state index contributed by atoms with van der Waals surface area (Å²) < 4.78 is 27.7. The van der Waals surface area contributed by atoms with E-state index in [0.29, 0.717) is 61.3 Å². The third kappa shape index (κ3) is 4.64. The van der Waals surface area contributed by atoms with Gasteiger partial charge in [0, 0.05) is 32.3 Å². The Hall–Kier alpha value is -6.94. The average molecular weight is 666 g/mol. The molecule has 0 atom stereocenters. The van der Waals surface area contributed by atoms with E-state index in [-0.39, 0.29) is 18.1 Å². The van der Waals surface area contributed by atoms with E-state index < -0.39 is 0 Å². The monoisotopic (exact) mass is 665 g/mol. The highest BCUT2D eigenvalue weighted by molar-refractivity contribution is 6.10. The Kier molecular flexibility index (Phi) is 5.63. The minimum Gasteiger partial charge on any atom is -0.304 e. The quantitative estimate of drug-likeness (QED) is 0.170. The highest BCUT2D eigenvalue weighted by Gasteiger charge is 2.26. The molecule has 0 amide bonds. The first-order valence-electron chi connectivity index (χ1n) is 18.0. The molecule has 10 rings (SSSR count). The van der Waals surface area contributed by atoms with Crippen LogP contribution in [0.4, 0.5) is 17.1 Å². The summed E-state index contributed by atoms with van der Waals surface area (Å²) in [5, 5.41) is 33.1. The van der Waals surface area contributed by atoms with Crippen molar-refractivity contribution < 1.29 is 4.11 Å². The molecule has 0 aliphatic heterocycles. The first-order chi connectivity index (χ1) is 26.2. The predicted molar refractivity (Wildman–Crippen MR) is 203 cm³/mol. The molecular formula is C41H30N10. The van der Waals surface area contributed by atoms with Gasteiger partial charge in [0.15, 0.2) is 0 Å². The number of hydrogen-bond donors (Lipinski definition) is 0. The number of anilines is 3. The lowest BCUT2D eigenvalue weighted by Gasteiger charge is -2.26. The van der Waals surface area contributed by atoms with Crippen LogP contribution in [0.15, 0.2) is 127 Å². The van der Waals surface area contributed by atoms with Crippen LogP contribution in [0.2, 0.25) is 0 Å². The fraction of sp³-hybridized carbons (Fsp3) is 0.0732. The molecule has 0 N–H and O–H groups in total. The topological polar surface area (TPSA) is 95.4 Å². The maximum Gasteiger partial charge on any atom is 0.137 e. The molecule has 0 aliphatic carbocycles. The van der Waals surface area contributed by atoms with Crippen LogP contribution in [0.25, 0.3) is 76.9 Å². The van der Waals surface area contributed by atoms with E-state index in [0.717, 1.165) is 27.3 Å². The number of benzene rings is 7. The zero-order valence-corrected chi connectivity index (χ0v) is 27.9. The minimum atomic E-state index is 0.220. The van der Waals surface area contributed by atoms with E-state index in [2.05, 4.69) is 41.5 Å². The summed E-state index contributed by atoms with van der Waals surface area (Å²) in [6, 6.07) is 36.3. The smallest absolute Gasteiger partial charge is 0.137 e. The van der Waals surface area contributed by atoms with Crippen LogP contribution in [-0.2, 0) is 21.1 Å². The third-order valence-electron chi connectivity index (χ3n) is 9.29.